The van der Waals surface area contributed by atoms with Crippen molar-refractivity contribution >= 4 is 5.97 Å². The Hall–Kier alpha value is -2.70. The molecule has 0 saturated heterocycles. The number of aliphatic carboxylic acids is 1. The molecule has 2 aromatic rings. The minimum absolute atomic E-state index is 0.150. The van der Waals surface area contributed by atoms with Crippen molar-refractivity contribution in [2.75, 3.05) is 0 Å². The summed E-state index contributed by atoms with van der Waals surface area (Å²) in [7, 11) is 0. The van der Waals surface area contributed by atoms with Crippen LogP contribution in [0.5, 0.6) is 5.75 Å². The lowest BCUT2D eigenvalue weighted by molar-refractivity contribution is -0.136. The summed E-state index contributed by atoms with van der Waals surface area (Å²) in [6, 6.07) is 5.96. The van der Waals surface area contributed by atoms with Crippen molar-refractivity contribution in [2.24, 2.45) is 0 Å². The van der Waals surface area contributed by atoms with E-state index < -0.39 is 29.5 Å². The first-order valence-electron chi connectivity index (χ1n) is 5.27. The van der Waals surface area contributed by atoms with Gasteiger partial charge in [0.2, 0.25) is 0 Å². The number of benzene rings is 1. The highest BCUT2D eigenvalue weighted by atomic mass is 19.1. The summed E-state index contributed by atoms with van der Waals surface area (Å²) < 4.78 is 13.9. The molecule has 0 spiro atoms. The van der Waals surface area contributed by atoms with Crippen molar-refractivity contribution in [2.45, 2.75) is 6.42 Å². The van der Waals surface area contributed by atoms with Crippen LogP contribution in [-0.4, -0.2) is 26.0 Å². The minimum atomic E-state index is -1.20. The Morgan fingerprint density at radius 3 is 2.74 bits per heavy atom. The summed E-state index contributed by atoms with van der Waals surface area (Å²) in [5, 5.41) is 21.9. The number of halogens is 1. The van der Waals surface area contributed by atoms with Gasteiger partial charge in [0.25, 0.3) is 5.56 Å². The quantitative estimate of drug-likeness (QED) is 0.851. The molecule has 0 aliphatic heterocycles. The molecular weight excluding hydrogens is 255 g/mol. The van der Waals surface area contributed by atoms with Gasteiger partial charge in [0.1, 0.15) is 17.3 Å². The largest absolute Gasteiger partial charge is 0.506 e. The van der Waals surface area contributed by atoms with E-state index in [1.807, 2.05) is 0 Å². The smallest absolute Gasteiger partial charge is 0.309 e. The minimum Gasteiger partial charge on any atom is -0.506 e. The maximum Gasteiger partial charge on any atom is 0.309 e. The van der Waals surface area contributed by atoms with E-state index in [1.54, 1.807) is 0 Å². The first kappa shape index (κ1) is 12.7. The van der Waals surface area contributed by atoms with Crippen molar-refractivity contribution < 1.29 is 19.4 Å². The normalized spacial score (nSPS) is 10.4. The molecule has 0 atom stereocenters. The molecule has 2 rings (SSSR count). The summed E-state index contributed by atoms with van der Waals surface area (Å²) >= 11 is 0. The second kappa shape index (κ2) is 4.89. The van der Waals surface area contributed by atoms with Crippen molar-refractivity contribution in [3.05, 3.63) is 52.2 Å². The molecule has 1 aromatic heterocycles. The van der Waals surface area contributed by atoms with Crippen LogP contribution in [-0.2, 0) is 11.2 Å². The molecular formula is C12H9FN2O4. The first-order chi connectivity index (χ1) is 8.97. The predicted octanol–water partition coefficient (Wildman–Crippen LogP) is 0.704. The van der Waals surface area contributed by atoms with Gasteiger partial charge in [-0.2, -0.15) is 9.78 Å². The standard InChI is InChI=1S/C12H9FN2O4/c13-7-2-1-3-8(4-7)15-11(17)6-10(16)9(14-15)5-12(18)19/h1-4,6,16H,5H2,(H,18,19). The molecule has 2 N–H and O–H groups in total. The number of nitrogens with zero attached hydrogens (tertiary/aromatic N) is 2. The number of carbonyl (C=O) groups is 1. The molecule has 0 amide bonds. The van der Waals surface area contributed by atoms with Gasteiger partial charge >= 0.3 is 5.97 Å². The Balaban J connectivity index is 2.57. The zero-order valence-electron chi connectivity index (χ0n) is 9.58. The van der Waals surface area contributed by atoms with Crippen LogP contribution >= 0.6 is 0 Å². The van der Waals surface area contributed by atoms with Gasteiger partial charge in [0.05, 0.1) is 12.1 Å². The highest BCUT2D eigenvalue weighted by Crippen LogP contribution is 2.13. The van der Waals surface area contributed by atoms with Crippen LogP contribution in [0, 0.1) is 5.82 Å². The molecule has 0 aliphatic carbocycles. The van der Waals surface area contributed by atoms with Gasteiger partial charge in [-0.1, -0.05) is 6.07 Å². The van der Waals surface area contributed by atoms with Crippen LogP contribution in [0.15, 0.2) is 35.1 Å². The fourth-order valence-electron chi connectivity index (χ4n) is 1.54. The third kappa shape index (κ3) is 2.76. The van der Waals surface area contributed by atoms with Crippen molar-refractivity contribution in [3.63, 3.8) is 0 Å². The Labute approximate surface area is 106 Å². The van der Waals surface area contributed by atoms with E-state index in [4.69, 9.17) is 5.11 Å². The summed E-state index contributed by atoms with van der Waals surface area (Å²) in [4.78, 5) is 22.3. The van der Waals surface area contributed by atoms with Crippen molar-refractivity contribution in [1.29, 1.82) is 0 Å². The number of carboxylic acids is 1. The summed E-state index contributed by atoms with van der Waals surface area (Å²) in [5.41, 5.74) is -0.703. The second-order valence-corrected chi connectivity index (χ2v) is 3.78. The van der Waals surface area contributed by atoms with E-state index in [9.17, 15) is 19.1 Å². The molecule has 0 bridgehead atoms. The van der Waals surface area contributed by atoms with Gasteiger partial charge in [-0.05, 0) is 18.2 Å². The Bertz CT molecular complexity index is 696. The van der Waals surface area contributed by atoms with Gasteiger partial charge in [-0.3, -0.25) is 9.59 Å². The maximum absolute atomic E-state index is 13.1. The molecule has 7 heteroatoms. The molecule has 6 nitrogen and oxygen atoms in total. The molecule has 0 radical (unpaired) electrons. The number of hydrogen-bond acceptors (Lipinski definition) is 4. The zero-order valence-corrected chi connectivity index (χ0v) is 9.58. The fourth-order valence-corrected chi connectivity index (χ4v) is 1.54. The Kier molecular flexibility index (Phi) is 3.28. The molecule has 19 heavy (non-hydrogen) atoms. The number of rotatable bonds is 3. The Morgan fingerprint density at radius 2 is 2.11 bits per heavy atom. The van der Waals surface area contributed by atoms with E-state index in [0.717, 1.165) is 16.8 Å². The van der Waals surface area contributed by atoms with Gasteiger partial charge in [-0.15, -0.1) is 0 Å². The number of aromatic hydroxyl groups is 1. The lowest BCUT2D eigenvalue weighted by Crippen LogP contribution is -2.22. The van der Waals surface area contributed by atoms with E-state index in [0.29, 0.717) is 0 Å². The van der Waals surface area contributed by atoms with Gasteiger partial charge in [0, 0.05) is 6.07 Å². The third-order valence-corrected chi connectivity index (χ3v) is 2.36. The third-order valence-electron chi connectivity index (χ3n) is 2.36. The highest BCUT2D eigenvalue weighted by molar-refractivity contribution is 5.70. The summed E-state index contributed by atoms with van der Waals surface area (Å²) in [6.45, 7) is 0. The average Bonchev–Trinajstić information content (AvgIpc) is 2.32. The predicted molar refractivity (Wildman–Crippen MR) is 62.8 cm³/mol. The van der Waals surface area contributed by atoms with Gasteiger partial charge in [0.15, 0.2) is 0 Å². The van der Waals surface area contributed by atoms with Gasteiger partial charge in [-0.25, -0.2) is 4.39 Å². The summed E-state index contributed by atoms with van der Waals surface area (Å²) in [6.07, 6.45) is -0.540. The SMILES string of the molecule is O=C(O)Cc1nn(-c2cccc(F)c2)c(=O)cc1O. The highest BCUT2D eigenvalue weighted by Gasteiger charge is 2.12. The molecule has 0 unspecified atom stereocenters. The number of hydrogen-bond donors (Lipinski definition) is 2. The zero-order chi connectivity index (χ0) is 14.0. The molecule has 0 saturated carbocycles. The molecule has 0 aliphatic rings. The lowest BCUT2D eigenvalue weighted by Gasteiger charge is -2.07. The van der Waals surface area contributed by atoms with Crippen LogP contribution in [0.1, 0.15) is 5.69 Å². The summed E-state index contributed by atoms with van der Waals surface area (Å²) in [5.74, 6) is -2.26. The lowest BCUT2D eigenvalue weighted by atomic mass is 10.2. The van der Waals surface area contributed by atoms with Crippen LogP contribution in [0.25, 0.3) is 5.69 Å². The van der Waals surface area contributed by atoms with Crippen LogP contribution in [0.4, 0.5) is 4.39 Å². The Morgan fingerprint density at radius 1 is 1.37 bits per heavy atom. The van der Waals surface area contributed by atoms with Crippen LogP contribution < -0.4 is 5.56 Å². The molecule has 0 fully saturated rings. The molecule has 98 valence electrons. The fraction of sp³-hybridized carbons (Fsp3) is 0.0833. The van der Waals surface area contributed by atoms with Crippen LogP contribution in [0.2, 0.25) is 0 Å². The number of aromatic nitrogens is 2. The second-order valence-electron chi connectivity index (χ2n) is 3.78. The van der Waals surface area contributed by atoms with E-state index in [-0.39, 0.29) is 11.4 Å². The monoisotopic (exact) mass is 264 g/mol. The average molecular weight is 264 g/mol. The maximum atomic E-state index is 13.1. The van der Waals surface area contributed by atoms with Gasteiger partial charge < -0.3 is 10.2 Å². The topological polar surface area (TPSA) is 92.4 Å². The number of carboxylic acid groups (broad SMARTS) is 1. The molecule has 1 heterocycles. The first-order valence-corrected chi connectivity index (χ1v) is 5.27. The molecule has 1 aromatic carbocycles. The van der Waals surface area contributed by atoms with E-state index >= 15 is 0 Å². The van der Waals surface area contributed by atoms with Crippen molar-refractivity contribution in [1.82, 2.24) is 9.78 Å². The van der Waals surface area contributed by atoms with E-state index in [2.05, 4.69) is 5.10 Å². The van der Waals surface area contributed by atoms with Crippen LogP contribution in [0.3, 0.4) is 0 Å². The van der Waals surface area contributed by atoms with E-state index in [1.165, 1.54) is 18.2 Å². The van der Waals surface area contributed by atoms with Crippen molar-refractivity contribution in [3.8, 4) is 11.4 Å².